The van der Waals surface area contributed by atoms with E-state index in [1.54, 1.807) is 18.2 Å². The van der Waals surface area contributed by atoms with E-state index in [2.05, 4.69) is 15.5 Å². The number of amides is 1. The Labute approximate surface area is 184 Å². The number of rotatable bonds is 8. The van der Waals surface area contributed by atoms with Gasteiger partial charge in [0.1, 0.15) is 17.8 Å². The monoisotopic (exact) mass is 459 g/mol. The van der Waals surface area contributed by atoms with Gasteiger partial charge in [0.25, 0.3) is 0 Å². The Hall–Kier alpha value is -3.18. The highest BCUT2D eigenvalue weighted by Crippen LogP contribution is 2.32. The van der Waals surface area contributed by atoms with Crippen LogP contribution in [0.25, 0.3) is 0 Å². The zero-order chi connectivity index (χ0) is 21.8. The zero-order valence-electron chi connectivity index (χ0n) is 16.3. The van der Waals surface area contributed by atoms with Crippen LogP contribution in [0, 0.1) is 5.92 Å². The molecule has 1 fully saturated rings. The maximum absolute atomic E-state index is 12.3. The Balaban J connectivity index is 1.34. The Morgan fingerprint density at radius 3 is 2.87 bits per heavy atom. The summed E-state index contributed by atoms with van der Waals surface area (Å²) in [6.07, 6.45) is 2.93. The molecule has 1 aliphatic carbocycles. The number of nitrogens with zero attached hydrogens (tertiary/aromatic N) is 2. The normalized spacial score (nSPS) is 12.9. The number of carbonyl (C=O) groups is 2. The molecule has 4 rings (SSSR count). The van der Waals surface area contributed by atoms with Crippen LogP contribution in [-0.2, 0) is 10.5 Å². The number of hydrogen-bond donors (Lipinski definition) is 1. The fourth-order valence-corrected chi connectivity index (χ4v) is 4.15. The average molecular weight is 460 g/mol. The second-order valence-electron chi connectivity index (χ2n) is 6.62. The summed E-state index contributed by atoms with van der Waals surface area (Å²) in [4.78, 5) is 36.3. The predicted octanol–water partition coefficient (Wildman–Crippen LogP) is 3.36. The highest BCUT2D eigenvalue weighted by atomic mass is 32.2. The first kappa shape index (κ1) is 21.1. The van der Waals surface area contributed by atoms with Gasteiger partial charge < -0.3 is 19.2 Å². The molecule has 3 aromatic rings. The van der Waals surface area contributed by atoms with Crippen LogP contribution >= 0.6 is 23.1 Å². The second-order valence-corrected chi connectivity index (χ2v) is 8.82. The van der Waals surface area contributed by atoms with Crippen molar-refractivity contribution in [2.24, 2.45) is 5.92 Å². The molecule has 1 N–H and O–H groups in total. The van der Waals surface area contributed by atoms with Gasteiger partial charge in [-0.2, -0.15) is 0 Å². The second kappa shape index (κ2) is 9.31. The standard InChI is InChI=1S/C20H17N3O6S2/c1-27-13-4-2-3-12(7-13)18(26)29-16-9-28-14(8-15(16)24)10-30-20-23-22-19(31-20)21-17(25)11-5-6-11/h2-4,7-9,11H,5-6,10H2,1H3,(H,21,22,25). The van der Waals surface area contributed by atoms with Crippen LogP contribution in [0.2, 0.25) is 0 Å². The summed E-state index contributed by atoms with van der Waals surface area (Å²) in [5.41, 5.74) is -0.230. The lowest BCUT2D eigenvalue weighted by atomic mass is 10.2. The highest BCUT2D eigenvalue weighted by Gasteiger charge is 2.30. The molecule has 11 heteroatoms. The smallest absolute Gasteiger partial charge is 0.343 e. The molecule has 0 atom stereocenters. The molecule has 0 radical (unpaired) electrons. The number of carbonyl (C=O) groups excluding carboxylic acids is 2. The van der Waals surface area contributed by atoms with Crippen molar-refractivity contribution in [3.63, 3.8) is 0 Å². The van der Waals surface area contributed by atoms with Crippen LogP contribution in [0.15, 0.2) is 50.1 Å². The molecule has 0 bridgehead atoms. The van der Waals surface area contributed by atoms with Gasteiger partial charge in [-0.25, -0.2) is 4.79 Å². The molecule has 2 aromatic heterocycles. The van der Waals surface area contributed by atoms with Crippen molar-refractivity contribution < 1.29 is 23.5 Å². The highest BCUT2D eigenvalue weighted by molar-refractivity contribution is 8.00. The van der Waals surface area contributed by atoms with Crippen molar-refractivity contribution in [3.8, 4) is 11.5 Å². The first-order valence-corrected chi connectivity index (χ1v) is 11.1. The minimum absolute atomic E-state index is 0.0298. The lowest BCUT2D eigenvalue weighted by Gasteiger charge is -2.05. The van der Waals surface area contributed by atoms with Gasteiger partial charge in [-0.15, -0.1) is 10.2 Å². The van der Waals surface area contributed by atoms with E-state index in [9.17, 15) is 14.4 Å². The van der Waals surface area contributed by atoms with E-state index in [-0.39, 0.29) is 23.1 Å². The van der Waals surface area contributed by atoms with E-state index >= 15 is 0 Å². The Bertz CT molecular complexity index is 1170. The van der Waals surface area contributed by atoms with Crippen LogP contribution in [0.5, 0.6) is 11.5 Å². The fourth-order valence-electron chi connectivity index (χ4n) is 2.50. The molecule has 1 saturated carbocycles. The fraction of sp³-hybridized carbons (Fsp3) is 0.250. The quantitative estimate of drug-likeness (QED) is 0.307. The molecular formula is C20H17N3O6S2. The SMILES string of the molecule is COc1cccc(C(=O)Oc2coc(CSc3nnc(NC(=O)C4CC4)s3)cc2=O)c1. The number of hydrogen-bond acceptors (Lipinski definition) is 10. The van der Waals surface area contributed by atoms with E-state index in [1.165, 1.54) is 42.3 Å². The van der Waals surface area contributed by atoms with Crippen molar-refractivity contribution in [2.45, 2.75) is 22.9 Å². The summed E-state index contributed by atoms with van der Waals surface area (Å²) >= 11 is 2.57. The van der Waals surface area contributed by atoms with Crippen LogP contribution in [-0.4, -0.2) is 29.2 Å². The average Bonchev–Trinajstić information content (AvgIpc) is 3.54. The van der Waals surface area contributed by atoms with Crippen LogP contribution in [0.3, 0.4) is 0 Å². The van der Waals surface area contributed by atoms with Gasteiger partial charge in [-0.05, 0) is 31.0 Å². The molecule has 1 amide bonds. The lowest BCUT2D eigenvalue weighted by molar-refractivity contribution is -0.117. The van der Waals surface area contributed by atoms with E-state index in [1.807, 2.05) is 0 Å². The number of benzene rings is 1. The Morgan fingerprint density at radius 1 is 1.29 bits per heavy atom. The molecule has 2 heterocycles. The summed E-state index contributed by atoms with van der Waals surface area (Å²) in [5.74, 6) is 0.370. The van der Waals surface area contributed by atoms with Crippen LogP contribution in [0.4, 0.5) is 5.13 Å². The number of methoxy groups -OCH3 is 1. The summed E-state index contributed by atoms with van der Waals surface area (Å²) in [6, 6.07) is 7.67. The largest absolute Gasteiger partial charge is 0.497 e. The van der Waals surface area contributed by atoms with Gasteiger partial charge in [-0.1, -0.05) is 29.2 Å². The topological polar surface area (TPSA) is 121 Å². The van der Waals surface area contributed by atoms with Gasteiger partial charge in [-0.3, -0.25) is 9.59 Å². The molecule has 160 valence electrons. The Kier molecular flexibility index (Phi) is 6.33. The molecule has 31 heavy (non-hydrogen) atoms. The van der Waals surface area contributed by atoms with Crippen LogP contribution in [0.1, 0.15) is 29.0 Å². The van der Waals surface area contributed by atoms with Crippen molar-refractivity contribution in [1.29, 1.82) is 0 Å². The minimum Gasteiger partial charge on any atom is -0.497 e. The van der Waals surface area contributed by atoms with E-state index in [0.717, 1.165) is 19.1 Å². The third-order valence-electron chi connectivity index (χ3n) is 4.28. The van der Waals surface area contributed by atoms with E-state index < -0.39 is 11.4 Å². The van der Waals surface area contributed by atoms with Gasteiger partial charge in [0.15, 0.2) is 4.34 Å². The molecule has 9 nitrogen and oxygen atoms in total. The number of aromatic nitrogens is 2. The number of thioether (sulfide) groups is 1. The van der Waals surface area contributed by atoms with Gasteiger partial charge >= 0.3 is 5.97 Å². The minimum atomic E-state index is -0.692. The number of ether oxygens (including phenoxy) is 2. The molecule has 1 aromatic carbocycles. The maximum Gasteiger partial charge on any atom is 0.343 e. The molecule has 0 aliphatic heterocycles. The summed E-state index contributed by atoms with van der Waals surface area (Å²) in [5, 5.41) is 11.1. The zero-order valence-corrected chi connectivity index (χ0v) is 18.0. The molecule has 0 spiro atoms. The summed E-state index contributed by atoms with van der Waals surface area (Å²) in [6.45, 7) is 0. The molecule has 0 saturated heterocycles. The van der Waals surface area contributed by atoms with Gasteiger partial charge in [0.2, 0.25) is 22.2 Å². The first-order valence-electron chi connectivity index (χ1n) is 9.27. The van der Waals surface area contributed by atoms with Crippen molar-refractivity contribution in [1.82, 2.24) is 10.2 Å². The predicted molar refractivity (Wildman–Crippen MR) is 114 cm³/mol. The van der Waals surface area contributed by atoms with Crippen molar-refractivity contribution >= 4 is 40.1 Å². The van der Waals surface area contributed by atoms with Crippen LogP contribution < -0.4 is 20.2 Å². The maximum atomic E-state index is 12.3. The Morgan fingerprint density at radius 2 is 2.13 bits per heavy atom. The molecule has 1 aliphatic rings. The van der Waals surface area contributed by atoms with E-state index in [0.29, 0.717) is 26.7 Å². The third kappa shape index (κ3) is 5.50. The third-order valence-corrected chi connectivity index (χ3v) is 6.28. The van der Waals surface area contributed by atoms with Crippen molar-refractivity contribution in [3.05, 3.63) is 58.1 Å². The van der Waals surface area contributed by atoms with Crippen molar-refractivity contribution in [2.75, 3.05) is 12.4 Å². The molecular weight excluding hydrogens is 442 g/mol. The summed E-state index contributed by atoms with van der Waals surface area (Å²) < 4.78 is 16.3. The van der Waals surface area contributed by atoms with Gasteiger partial charge in [0, 0.05) is 12.0 Å². The summed E-state index contributed by atoms with van der Waals surface area (Å²) in [7, 11) is 1.49. The molecule has 0 unspecified atom stereocenters. The first-order chi connectivity index (χ1) is 15.0. The van der Waals surface area contributed by atoms with E-state index in [4.69, 9.17) is 13.9 Å². The number of nitrogens with one attached hydrogen (secondary N) is 1. The van der Waals surface area contributed by atoms with Gasteiger partial charge in [0.05, 0.1) is 18.4 Å². The number of esters is 1. The lowest BCUT2D eigenvalue weighted by Crippen LogP contribution is -2.14. The number of anilines is 1.